The van der Waals surface area contributed by atoms with Crippen molar-refractivity contribution in [1.29, 1.82) is 0 Å². The molecule has 148 valence electrons. The number of hydrogen-bond donors (Lipinski definition) is 3. The number of nitrogens with one attached hydrogen (secondary N) is 2. The first-order valence-electron chi connectivity index (χ1n) is 9.81. The maximum atomic E-state index is 12.6. The number of aliphatic hydroxyl groups is 1. The third-order valence-electron chi connectivity index (χ3n) is 5.04. The van der Waals surface area contributed by atoms with Crippen LogP contribution in [0.2, 0.25) is 0 Å². The van der Waals surface area contributed by atoms with Gasteiger partial charge in [-0.2, -0.15) is 0 Å². The smallest absolute Gasteiger partial charge is 0.317 e. The van der Waals surface area contributed by atoms with Crippen molar-refractivity contribution >= 4 is 11.9 Å². The van der Waals surface area contributed by atoms with E-state index < -0.39 is 12.1 Å². The van der Waals surface area contributed by atoms with Gasteiger partial charge in [0.25, 0.3) is 5.91 Å². The second-order valence-electron chi connectivity index (χ2n) is 7.35. The fourth-order valence-electron chi connectivity index (χ4n) is 3.19. The molecule has 0 radical (unpaired) electrons. The summed E-state index contributed by atoms with van der Waals surface area (Å²) in [6.07, 6.45) is 3.05. The van der Waals surface area contributed by atoms with Crippen molar-refractivity contribution in [2.24, 2.45) is 5.92 Å². The van der Waals surface area contributed by atoms with Gasteiger partial charge in [0.2, 0.25) is 0 Å². The van der Waals surface area contributed by atoms with Crippen molar-refractivity contribution in [3.05, 3.63) is 29.8 Å². The SMILES string of the molecule is CCNC(=O)N1CCC[C@@H](O)[C@H](NC(=O)c2ccc(OCC3CC3)cc2)C1. The van der Waals surface area contributed by atoms with Crippen LogP contribution in [-0.2, 0) is 0 Å². The van der Waals surface area contributed by atoms with Gasteiger partial charge in [-0.05, 0) is 62.8 Å². The highest BCUT2D eigenvalue weighted by molar-refractivity contribution is 5.94. The van der Waals surface area contributed by atoms with E-state index in [-0.39, 0.29) is 11.9 Å². The number of carbonyl (C=O) groups is 2. The Kier molecular flexibility index (Phi) is 6.55. The number of likely N-dealkylation sites (tertiary alicyclic amines) is 1. The Balaban J connectivity index is 1.57. The molecule has 1 aliphatic carbocycles. The minimum Gasteiger partial charge on any atom is -0.493 e. The molecule has 27 heavy (non-hydrogen) atoms. The quantitative estimate of drug-likeness (QED) is 0.707. The van der Waals surface area contributed by atoms with Crippen molar-refractivity contribution < 1.29 is 19.4 Å². The summed E-state index contributed by atoms with van der Waals surface area (Å²) in [6, 6.07) is 6.38. The molecule has 3 amide bonds. The Morgan fingerprint density at radius 1 is 1.22 bits per heavy atom. The Bertz CT molecular complexity index is 645. The topological polar surface area (TPSA) is 90.9 Å². The largest absolute Gasteiger partial charge is 0.493 e. The molecular weight excluding hydrogens is 346 g/mol. The van der Waals surface area contributed by atoms with Crippen molar-refractivity contribution in [3.8, 4) is 5.75 Å². The molecule has 1 aromatic carbocycles. The van der Waals surface area contributed by atoms with Gasteiger partial charge in [0.05, 0.1) is 18.8 Å². The van der Waals surface area contributed by atoms with Crippen LogP contribution in [0.4, 0.5) is 4.79 Å². The number of urea groups is 1. The molecule has 2 atom stereocenters. The Labute approximate surface area is 160 Å². The van der Waals surface area contributed by atoms with Crippen LogP contribution >= 0.6 is 0 Å². The van der Waals surface area contributed by atoms with Gasteiger partial charge in [-0.25, -0.2) is 4.79 Å². The highest BCUT2D eigenvalue weighted by Gasteiger charge is 2.29. The number of rotatable bonds is 6. The van der Waals surface area contributed by atoms with E-state index in [9.17, 15) is 14.7 Å². The number of ether oxygens (including phenoxy) is 1. The van der Waals surface area contributed by atoms with Crippen molar-refractivity contribution in [1.82, 2.24) is 15.5 Å². The Morgan fingerprint density at radius 3 is 2.63 bits per heavy atom. The standard InChI is InChI=1S/C20H29N3O4/c1-2-21-20(26)23-11-3-4-18(24)17(12-23)22-19(25)15-7-9-16(10-8-15)27-13-14-5-6-14/h7-10,14,17-18,24H,2-6,11-13H2,1H3,(H,21,26)(H,22,25)/t17-,18-/m1/s1. The maximum absolute atomic E-state index is 12.6. The van der Waals surface area contributed by atoms with E-state index in [1.54, 1.807) is 29.2 Å². The molecule has 3 N–H and O–H groups in total. The fourth-order valence-corrected chi connectivity index (χ4v) is 3.19. The lowest BCUT2D eigenvalue weighted by atomic mass is 10.1. The van der Waals surface area contributed by atoms with Crippen LogP contribution in [0.25, 0.3) is 0 Å². The maximum Gasteiger partial charge on any atom is 0.317 e. The summed E-state index contributed by atoms with van der Waals surface area (Å²) in [6.45, 7) is 4.00. The van der Waals surface area contributed by atoms with E-state index >= 15 is 0 Å². The molecule has 1 aliphatic heterocycles. The first-order chi connectivity index (χ1) is 13.1. The summed E-state index contributed by atoms with van der Waals surface area (Å²) < 4.78 is 5.69. The molecule has 1 saturated carbocycles. The van der Waals surface area contributed by atoms with Gasteiger partial charge in [-0.15, -0.1) is 0 Å². The lowest BCUT2D eigenvalue weighted by Gasteiger charge is -2.27. The van der Waals surface area contributed by atoms with Gasteiger partial charge in [0.1, 0.15) is 5.75 Å². The van der Waals surface area contributed by atoms with Gasteiger partial charge in [0.15, 0.2) is 0 Å². The van der Waals surface area contributed by atoms with E-state index in [2.05, 4.69) is 10.6 Å². The van der Waals surface area contributed by atoms with Gasteiger partial charge >= 0.3 is 6.03 Å². The zero-order valence-corrected chi connectivity index (χ0v) is 15.8. The summed E-state index contributed by atoms with van der Waals surface area (Å²) in [4.78, 5) is 26.3. The minimum absolute atomic E-state index is 0.164. The number of aliphatic hydroxyl groups excluding tert-OH is 1. The van der Waals surface area contributed by atoms with Crippen LogP contribution in [0.15, 0.2) is 24.3 Å². The molecule has 7 nitrogen and oxygen atoms in total. The lowest BCUT2D eigenvalue weighted by molar-refractivity contribution is 0.0809. The first-order valence-corrected chi connectivity index (χ1v) is 9.81. The zero-order chi connectivity index (χ0) is 19.2. The first kappa shape index (κ1) is 19.5. The van der Waals surface area contributed by atoms with Gasteiger partial charge in [-0.1, -0.05) is 0 Å². The van der Waals surface area contributed by atoms with Crippen molar-refractivity contribution in [3.63, 3.8) is 0 Å². The van der Waals surface area contributed by atoms with E-state index in [0.29, 0.717) is 44.0 Å². The Hall–Kier alpha value is -2.28. The van der Waals surface area contributed by atoms with Crippen molar-refractivity contribution in [2.75, 3.05) is 26.2 Å². The molecule has 2 fully saturated rings. The monoisotopic (exact) mass is 375 g/mol. The second kappa shape index (κ2) is 9.08. The molecule has 1 saturated heterocycles. The van der Waals surface area contributed by atoms with Crippen LogP contribution in [0.3, 0.4) is 0 Å². The number of amides is 3. The van der Waals surface area contributed by atoms with E-state index in [4.69, 9.17) is 4.74 Å². The average Bonchev–Trinajstić information content (AvgIpc) is 3.50. The third-order valence-corrected chi connectivity index (χ3v) is 5.04. The summed E-state index contributed by atoms with van der Waals surface area (Å²) in [5.74, 6) is 1.18. The van der Waals surface area contributed by atoms with Crippen LogP contribution in [0.1, 0.15) is 43.0 Å². The van der Waals surface area contributed by atoms with Crippen LogP contribution in [0.5, 0.6) is 5.75 Å². The van der Waals surface area contributed by atoms with E-state index in [1.165, 1.54) is 12.8 Å². The van der Waals surface area contributed by atoms with Crippen LogP contribution in [-0.4, -0.2) is 60.3 Å². The number of benzene rings is 1. The highest BCUT2D eigenvalue weighted by Crippen LogP contribution is 2.29. The molecule has 1 aromatic rings. The highest BCUT2D eigenvalue weighted by atomic mass is 16.5. The summed E-state index contributed by atoms with van der Waals surface area (Å²) in [5.41, 5.74) is 0.509. The van der Waals surface area contributed by atoms with Gasteiger partial charge in [0, 0.05) is 25.2 Å². The molecule has 0 bridgehead atoms. The molecule has 7 heteroatoms. The minimum atomic E-state index is -0.672. The molecule has 0 aromatic heterocycles. The predicted octanol–water partition coefficient (Wildman–Crippen LogP) is 1.76. The second-order valence-corrected chi connectivity index (χ2v) is 7.35. The van der Waals surface area contributed by atoms with Crippen LogP contribution < -0.4 is 15.4 Å². The Morgan fingerprint density at radius 2 is 1.96 bits per heavy atom. The van der Waals surface area contributed by atoms with Gasteiger partial charge < -0.3 is 25.4 Å². The summed E-state index contributed by atoms with van der Waals surface area (Å²) in [7, 11) is 0. The molecule has 0 spiro atoms. The average molecular weight is 375 g/mol. The normalized spacial score (nSPS) is 22.7. The number of carbonyl (C=O) groups excluding carboxylic acids is 2. The molecule has 3 rings (SSSR count). The van der Waals surface area contributed by atoms with E-state index in [1.807, 2.05) is 6.92 Å². The summed E-state index contributed by atoms with van der Waals surface area (Å²) in [5, 5.41) is 16.0. The molecular formula is C20H29N3O4. The number of hydrogen-bond acceptors (Lipinski definition) is 4. The van der Waals surface area contributed by atoms with Crippen LogP contribution in [0, 0.1) is 5.92 Å². The fraction of sp³-hybridized carbons (Fsp3) is 0.600. The number of nitrogens with zero attached hydrogens (tertiary/aromatic N) is 1. The zero-order valence-electron chi connectivity index (χ0n) is 15.8. The van der Waals surface area contributed by atoms with E-state index in [0.717, 1.165) is 12.4 Å². The molecule has 2 aliphatic rings. The third kappa shape index (κ3) is 5.60. The molecule has 1 heterocycles. The van der Waals surface area contributed by atoms with Crippen molar-refractivity contribution in [2.45, 2.75) is 44.8 Å². The summed E-state index contributed by atoms with van der Waals surface area (Å²) >= 11 is 0. The molecule has 0 unspecified atom stereocenters. The van der Waals surface area contributed by atoms with Gasteiger partial charge in [-0.3, -0.25) is 4.79 Å². The predicted molar refractivity (Wildman–Crippen MR) is 102 cm³/mol. The lowest BCUT2D eigenvalue weighted by Crippen LogP contribution is -2.51.